The highest BCUT2D eigenvalue weighted by Gasteiger charge is 2.20. The molecule has 0 aliphatic carbocycles. The first-order valence-corrected chi connectivity index (χ1v) is 9.79. The Labute approximate surface area is 163 Å². The number of hydrogen-bond acceptors (Lipinski definition) is 5. The molecule has 0 unspecified atom stereocenters. The zero-order chi connectivity index (χ0) is 19.5. The first-order chi connectivity index (χ1) is 13.2. The summed E-state index contributed by atoms with van der Waals surface area (Å²) >= 11 is 0. The fourth-order valence-corrected chi connectivity index (χ4v) is 3.61. The first kappa shape index (κ1) is 21.7. The highest BCUT2D eigenvalue weighted by Crippen LogP contribution is 2.25. The number of nitrogens with one attached hydrogen (secondary N) is 1. The molecule has 1 aliphatic heterocycles. The van der Waals surface area contributed by atoms with Gasteiger partial charge in [-0.15, -0.1) is 0 Å². The number of amides is 1. The number of nitrogens with zero attached hydrogens (tertiary/aromatic N) is 1. The fraction of sp³-hybridized carbons (Fsp3) is 0.667. The summed E-state index contributed by atoms with van der Waals surface area (Å²) in [5, 5.41) is 2.89. The number of methoxy groups -OCH3 is 3. The van der Waals surface area contributed by atoms with Crippen molar-refractivity contribution in [1.29, 1.82) is 0 Å². The SMILES string of the molecule is COCCNC(=O)CCC1CCN(Cc2ccc(OC)c(COC)c2)CC1. The Balaban J connectivity index is 1.73. The topological polar surface area (TPSA) is 60.0 Å². The molecular formula is C21H34N2O4. The Hall–Kier alpha value is -1.63. The van der Waals surface area contributed by atoms with Crippen LogP contribution in [0.15, 0.2) is 18.2 Å². The van der Waals surface area contributed by atoms with Crippen LogP contribution in [0.5, 0.6) is 5.75 Å². The molecule has 152 valence electrons. The van der Waals surface area contributed by atoms with Crippen molar-refractivity contribution in [2.24, 2.45) is 5.92 Å². The number of hydrogen-bond donors (Lipinski definition) is 1. The third-order valence-corrected chi connectivity index (χ3v) is 5.17. The van der Waals surface area contributed by atoms with Gasteiger partial charge in [-0.1, -0.05) is 6.07 Å². The van der Waals surface area contributed by atoms with Crippen molar-refractivity contribution in [2.75, 3.05) is 47.6 Å². The van der Waals surface area contributed by atoms with Gasteiger partial charge in [-0.25, -0.2) is 0 Å². The van der Waals surface area contributed by atoms with Gasteiger partial charge in [0, 0.05) is 39.3 Å². The Morgan fingerprint density at radius 2 is 1.96 bits per heavy atom. The van der Waals surface area contributed by atoms with Gasteiger partial charge < -0.3 is 19.5 Å². The normalized spacial score (nSPS) is 15.7. The number of rotatable bonds is 11. The van der Waals surface area contributed by atoms with Crippen molar-refractivity contribution in [3.63, 3.8) is 0 Å². The molecule has 0 bridgehead atoms. The lowest BCUT2D eigenvalue weighted by molar-refractivity contribution is -0.121. The summed E-state index contributed by atoms with van der Waals surface area (Å²) in [5.41, 5.74) is 2.38. The maximum atomic E-state index is 11.8. The number of likely N-dealkylation sites (tertiary alicyclic amines) is 1. The molecule has 1 N–H and O–H groups in total. The smallest absolute Gasteiger partial charge is 0.220 e. The van der Waals surface area contributed by atoms with E-state index in [0.29, 0.717) is 32.1 Å². The molecule has 1 heterocycles. The summed E-state index contributed by atoms with van der Waals surface area (Å²) in [6.45, 7) is 4.85. The van der Waals surface area contributed by atoms with Gasteiger partial charge in [-0.2, -0.15) is 0 Å². The van der Waals surface area contributed by atoms with E-state index in [1.54, 1.807) is 21.3 Å². The monoisotopic (exact) mass is 378 g/mol. The van der Waals surface area contributed by atoms with Crippen molar-refractivity contribution in [3.05, 3.63) is 29.3 Å². The van der Waals surface area contributed by atoms with Crippen LogP contribution in [-0.4, -0.2) is 58.4 Å². The molecule has 6 heteroatoms. The fourth-order valence-electron chi connectivity index (χ4n) is 3.61. The lowest BCUT2D eigenvalue weighted by Gasteiger charge is -2.32. The van der Waals surface area contributed by atoms with E-state index < -0.39 is 0 Å². The zero-order valence-electron chi connectivity index (χ0n) is 17.0. The van der Waals surface area contributed by atoms with Crippen LogP contribution in [0.3, 0.4) is 0 Å². The van der Waals surface area contributed by atoms with Crippen molar-refractivity contribution >= 4 is 5.91 Å². The van der Waals surface area contributed by atoms with Crippen LogP contribution >= 0.6 is 0 Å². The van der Waals surface area contributed by atoms with E-state index in [0.717, 1.165) is 50.2 Å². The van der Waals surface area contributed by atoms with E-state index in [1.165, 1.54) is 5.56 Å². The molecule has 1 saturated heterocycles. The van der Waals surface area contributed by atoms with Crippen molar-refractivity contribution in [3.8, 4) is 5.75 Å². The Kier molecular flexibility index (Phi) is 9.59. The van der Waals surface area contributed by atoms with Crippen LogP contribution in [0, 0.1) is 5.92 Å². The van der Waals surface area contributed by atoms with E-state index in [4.69, 9.17) is 14.2 Å². The minimum Gasteiger partial charge on any atom is -0.496 e. The summed E-state index contributed by atoms with van der Waals surface area (Å²) in [6.07, 6.45) is 3.92. The van der Waals surface area contributed by atoms with Crippen LogP contribution < -0.4 is 10.1 Å². The summed E-state index contributed by atoms with van der Waals surface area (Å²) in [5.74, 6) is 1.66. The molecule has 0 spiro atoms. The first-order valence-electron chi connectivity index (χ1n) is 9.79. The molecule has 0 saturated carbocycles. The lowest BCUT2D eigenvalue weighted by Crippen LogP contribution is -2.34. The molecule has 0 radical (unpaired) electrons. The van der Waals surface area contributed by atoms with Crippen LogP contribution in [0.2, 0.25) is 0 Å². The number of benzene rings is 1. The quantitative estimate of drug-likeness (QED) is 0.600. The summed E-state index contributed by atoms with van der Waals surface area (Å²) in [4.78, 5) is 14.3. The zero-order valence-corrected chi connectivity index (χ0v) is 17.0. The van der Waals surface area contributed by atoms with E-state index in [2.05, 4.69) is 22.3 Å². The van der Waals surface area contributed by atoms with Crippen molar-refractivity contribution in [2.45, 2.75) is 38.8 Å². The average Bonchev–Trinajstić information content (AvgIpc) is 2.68. The van der Waals surface area contributed by atoms with Crippen LogP contribution in [0.25, 0.3) is 0 Å². The van der Waals surface area contributed by atoms with E-state index >= 15 is 0 Å². The molecule has 1 fully saturated rings. The number of carbonyl (C=O) groups excluding carboxylic acids is 1. The molecule has 0 aromatic heterocycles. The van der Waals surface area contributed by atoms with Gasteiger partial charge in [0.25, 0.3) is 0 Å². The summed E-state index contributed by atoms with van der Waals surface area (Å²) < 4.78 is 15.6. The number of carbonyl (C=O) groups is 1. The molecule has 1 aromatic carbocycles. The van der Waals surface area contributed by atoms with Gasteiger partial charge in [-0.05, 0) is 56.0 Å². The lowest BCUT2D eigenvalue weighted by atomic mass is 9.92. The van der Waals surface area contributed by atoms with Crippen molar-refractivity contribution in [1.82, 2.24) is 10.2 Å². The van der Waals surface area contributed by atoms with Gasteiger partial charge in [0.15, 0.2) is 0 Å². The second-order valence-electron chi connectivity index (χ2n) is 7.18. The van der Waals surface area contributed by atoms with E-state index in [9.17, 15) is 4.79 Å². The molecule has 0 atom stereocenters. The average molecular weight is 379 g/mol. The Morgan fingerprint density at radius 3 is 2.63 bits per heavy atom. The second kappa shape index (κ2) is 12.0. The molecule has 1 aromatic rings. The van der Waals surface area contributed by atoms with E-state index in [-0.39, 0.29) is 5.91 Å². The highest BCUT2D eigenvalue weighted by atomic mass is 16.5. The standard InChI is InChI=1S/C21H34N2O4/c1-25-13-10-22-21(24)7-5-17-8-11-23(12-9-17)15-18-4-6-20(27-3)19(14-18)16-26-2/h4,6,14,17H,5,7-13,15-16H2,1-3H3,(H,22,24). The summed E-state index contributed by atoms with van der Waals surface area (Å²) in [6, 6.07) is 6.34. The maximum absolute atomic E-state index is 11.8. The molecule has 6 nitrogen and oxygen atoms in total. The van der Waals surface area contributed by atoms with Crippen LogP contribution in [-0.2, 0) is 27.4 Å². The summed E-state index contributed by atoms with van der Waals surface area (Å²) in [7, 11) is 5.04. The second-order valence-corrected chi connectivity index (χ2v) is 7.18. The third-order valence-electron chi connectivity index (χ3n) is 5.17. The largest absolute Gasteiger partial charge is 0.496 e. The molecule has 1 amide bonds. The maximum Gasteiger partial charge on any atom is 0.220 e. The van der Waals surface area contributed by atoms with Gasteiger partial charge >= 0.3 is 0 Å². The van der Waals surface area contributed by atoms with Gasteiger partial charge in [-0.3, -0.25) is 9.69 Å². The minimum atomic E-state index is 0.137. The van der Waals surface area contributed by atoms with E-state index in [1.807, 2.05) is 6.07 Å². The Morgan fingerprint density at radius 1 is 1.19 bits per heavy atom. The molecule has 27 heavy (non-hydrogen) atoms. The van der Waals surface area contributed by atoms with Gasteiger partial charge in [0.1, 0.15) is 5.75 Å². The number of ether oxygens (including phenoxy) is 3. The molecule has 2 rings (SSSR count). The molecule has 1 aliphatic rings. The number of piperidine rings is 1. The minimum absolute atomic E-state index is 0.137. The van der Waals surface area contributed by atoms with Gasteiger partial charge in [0.2, 0.25) is 5.91 Å². The Bertz CT molecular complexity index is 571. The predicted molar refractivity (Wildman–Crippen MR) is 106 cm³/mol. The van der Waals surface area contributed by atoms with Crippen LogP contribution in [0.4, 0.5) is 0 Å². The third kappa shape index (κ3) is 7.48. The van der Waals surface area contributed by atoms with Crippen LogP contribution in [0.1, 0.15) is 36.8 Å². The predicted octanol–water partition coefficient (Wildman–Crippen LogP) is 2.60. The molecular weight excluding hydrogens is 344 g/mol. The van der Waals surface area contributed by atoms with Gasteiger partial charge in [0.05, 0.1) is 20.3 Å². The highest BCUT2D eigenvalue weighted by molar-refractivity contribution is 5.75. The van der Waals surface area contributed by atoms with Crippen molar-refractivity contribution < 1.29 is 19.0 Å².